The SMILES string of the molecule is COc1ccc(CCN2C(=O)NC(=O)[C@@]3(Cc4c(nc5c(C)cccn5c4=O)N4CCCCC[C@@H]43)C2=O)cc1OC. The van der Waals surface area contributed by atoms with Gasteiger partial charge in [-0.2, -0.15) is 0 Å². The van der Waals surface area contributed by atoms with Crippen LogP contribution in [0.4, 0.5) is 10.6 Å². The first-order valence-corrected chi connectivity index (χ1v) is 14.0. The second-order valence-corrected chi connectivity index (χ2v) is 11.0. The van der Waals surface area contributed by atoms with Gasteiger partial charge >= 0.3 is 6.03 Å². The minimum Gasteiger partial charge on any atom is -0.493 e. The molecule has 0 saturated carbocycles. The summed E-state index contributed by atoms with van der Waals surface area (Å²) in [5.41, 5.74) is 0.651. The van der Waals surface area contributed by atoms with E-state index in [2.05, 4.69) is 5.32 Å². The summed E-state index contributed by atoms with van der Waals surface area (Å²) in [6.07, 6.45) is 5.07. The second kappa shape index (κ2) is 10.2. The van der Waals surface area contributed by atoms with Crippen LogP contribution in [-0.4, -0.2) is 65.5 Å². The Morgan fingerprint density at radius 2 is 1.85 bits per heavy atom. The van der Waals surface area contributed by atoms with Crippen LogP contribution in [0.25, 0.3) is 5.65 Å². The summed E-state index contributed by atoms with van der Waals surface area (Å²) in [6.45, 7) is 2.52. The molecule has 3 aliphatic heterocycles. The van der Waals surface area contributed by atoms with Crippen molar-refractivity contribution in [2.45, 2.75) is 51.5 Å². The van der Waals surface area contributed by atoms with Gasteiger partial charge in [-0.3, -0.25) is 29.0 Å². The number of carbonyl (C=O) groups is 3. The van der Waals surface area contributed by atoms with Gasteiger partial charge in [0.25, 0.3) is 5.56 Å². The lowest BCUT2D eigenvalue weighted by atomic mass is 9.68. The zero-order valence-corrected chi connectivity index (χ0v) is 23.4. The Morgan fingerprint density at radius 1 is 1.05 bits per heavy atom. The number of hydrogen-bond donors (Lipinski definition) is 1. The molecule has 1 aromatic carbocycles. The maximum absolute atomic E-state index is 14.4. The lowest BCUT2D eigenvalue weighted by Gasteiger charge is -2.50. The monoisotopic (exact) mass is 559 g/mol. The molecule has 41 heavy (non-hydrogen) atoms. The summed E-state index contributed by atoms with van der Waals surface area (Å²) < 4.78 is 12.2. The van der Waals surface area contributed by atoms with Gasteiger partial charge in [-0.05, 0) is 55.5 Å². The van der Waals surface area contributed by atoms with Gasteiger partial charge in [0.15, 0.2) is 16.9 Å². The van der Waals surface area contributed by atoms with E-state index in [-0.39, 0.29) is 18.5 Å². The Balaban J connectivity index is 1.42. The van der Waals surface area contributed by atoms with Gasteiger partial charge in [-0.25, -0.2) is 9.78 Å². The summed E-state index contributed by atoms with van der Waals surface area (Å²) in [4.78, 5) is 63.2. The number of rotatable bonds is 5. The van der Waals surface area contributed by atoms with Gasteiger partial charge in [0, 0.05) is 25.7 Å². The van der Waals surface area contributed by atoms with Crippen LogP contribution in [0.2, 0.25) is 0 Å². The number of urea groups is 1. The highest BCUT2D eigenvalue weighted by atomic mass is 16.5. The van der Waals surface area contributed by atoms with Crippen LogP contribution in [0.1, 0.15) is 42.4 Å². The first kappa shape index (κ1) is 26.8. The van der Waals surface area contributed by atoms with Gasteiger partial charge in [-0.15, -0.1) is 0 Å². The predicted molar refractivity (Wildman–Crippen MR) is 150 cm³/mol. The highest BCUT2D eigenvalue weighted by Gasteiger charge is 2.62. The van der Waals surface area contributed by atoms with Crippen molar-refractivity contribution in [3.05, 3.63) is 63.6 Å². The largest absolute Gasteiger partial charge is 0.493 e. The van der Waals surface area contributed by atoms with Gasteiger partial charge < -0.3 is 14.4 Å². The number of fused-ring (bicyclic) bond motifs is 5. The van der Waals surface area contributed by atoms with E-state index in [4.69, 9.17) is 14.5 Å². The molecule has 0 radical (unpaired) electrons. The third-order valence-electron chi connectivity index (χ3n) is 8.74. The molecule has 11 heteroatoms. The number of hydrogen-bond acceptors (Lipinski definition) is 8. The molecular weight excluding hydrogens is 526 g/mol. The first-order chi connectivity index (χ1) is 19.8. The summed E-state index contributed by atoms with van der Waals surface area (Å²) in [5, 5.41) is 2.47. The lowest BCUT2D eigenvalue weighted by Crippen LogP contribution is -2.72. The van der Waals surface area contributed by atoms with Crippen molar-refractivity contribution in [1.29, 1.82) is 0 Å². The van der Waals surface area contributed by atoms with Gasteiger partial charge in [-0.1, -0.05) is 25.0 Å². The number of nitrogens with zero attached hydrogens (tertiary/aromatic N) is 4. The molecule has 2 saturated heterocycles. The van der Waals surface area contributed by atoms with Crippen molar-refractivity contribution in [3.63, 3.8) is 0 Å². The molecule has 214 valence electrons. The van der Waals surface area contributed by atoms with E-state index in [0.717, 1.165) is 35.3 Å². The summed E-state index contributed by atoms with van der Waals surface area (Å²) in [6, 6.07) is 7.82. The van der Waals surface area contributed by atoms with Crippen molar-refractivity contribution >= 4 is 29.3 Å². The average molecular weight is 560 g/mol. The third-order valence-corrected chi connectivity index (χ3v) is 8.74. The number of carbonyl (C=O) groups excluding carboxylic acids is 3. The molecule has 0 aliphatic carbocycles. The smallest absolute Gasteiger partial charge is 0.330 e. The number of amides is 4. The number of benzene rings is 1. The number of aromatic nitrogens is 2. The number of pyridine rings is 1. The maximum Gasteiger partial charge on any atom is 0.330 e. The predicted octanol–water partition coefficient (Wildman–Crippen LogP) is 2.63. The van der Waals surface area contributed by atoms with E-state index >= 15 is 0 Å². The highest BCUT2D eigenvalue weighted by molar-refractivity contribution is 6.20. The molecule has 2 aromatic heterocycles. The Labute approximate surface area is 237 Å². The zero-order chi connectivity index (χ0) is 28.9. The minimum absolute atomic E-state index is 0.0584. The molecule has 2 atom stereocenters. The topological polar surface area (TPSA) is 123 Å². The molecule has 3 aliphatic rings. The Hall–Kier alpha value is -4.41. The fourth-order valence-corrected chi connectivity index (χ4v) is 6.62. The number of nitrogens with one attached hydrogen (secondary N) is 1. The van der Waals surface area contributed by atoms with Crippen LogP contribution < -0.4 is 25.2 Å². The lowest BCUT2D eigenvalue weighted by molar-refractivity contribution is -0.153. The molecule has 11 nitrogen and oxygen atoms in total. The van der Waals surface area contributed by atoms with Crippen molar-refractivity contribution in [2.75, 3.05) is 32.2 Å². The van der Waals surface area contributed by atoms with Crippen molar-refractivity contribution < 1.29 is 23.9 Å². The van der Waals surface area contributed by atoms with Gasteiger partial charge in [0.2, 0.25) is 11.8 Å². The van der Waals surface area contributed by atoms with E-state index in [0.29, 0.717) is 47.9 Å². The van der Waals surface area contributed by atoms with Crippen LogP contribution in [0, 0.1) is 12.3 Å². The highest BCUT2D eigenvalue weighted by Crippen LogP contribution is 2.46. The van der Waals surface area contributed by atoms with Crippen molar-refractivity contribution in [3.8, 4) is 11.5 Å². The summed E-state index contributed by atoms with van der Waals surface area (Å²) in [5.74, 6) is 0.439. The second-order valence-electron chi connectivity index (χ2n) is 11.0. The molecule has 4 amide bonds. The summed E-state index contributed by atoms with van der Waals surface area (Å²) in [7, 11) is 3.09. The quantitative estimate of drug-likeness (QED) is 0.474. The molecule has 1 spiro atoms. The van der Waals surface area contributed by atoms with E-state index in [1.54, 1.807) is 38.6 Å². The molecule has 5 heterocycles. The van der Waals surface area contributed by atoms with E-state index in [1.165, 1.54) is 4.40 Å². The number of aryl methyl sites for hydroxylation is 1. The normalized spacial score (nSPS) is 22.3. The van der Waals surface area contributed by atoms with Crippen LogP contribution in [0.3, 0.4) is 0 Å². The maximum atomic E-state index is 14.4. The molecule has 0 bridgehead atoms. The Bertz CT molecular complexity index is 1630. The number of ether oxygens (including phenoxy) is 2. The van der Waals surface area contributed by atoms with Crippen LogP contribution in [0.15, 0.2) is 41.3 Å². The fraction of sp³-hybridized carbons (Fsp3) is 0.433. The number of methoxy groups -OCH3 is 2. The standard InChI is InChI=1S/C30H33N5O6/c1-18-8-7-14-34-24(18)31-25-20(26(34)36)17-30(23-9-5-4-6-13-33(23)25)27(37)32-29(39)35(28(30)38)15-12-19-10-11-21(40-2)22(16-19)41-3/h7-8,10-11,14,16,23H,4-6,9,12-13,15,17H2,1-3H3,(H,32,37,39)/t23-,30+/m1/s1. The van der Waals surface area contributed by atoms with Crippen LogP contribution in [0.5, 0.6) is 11.5 Å². The van der Waals surface area contributed by atoms with Crippen molar-refractivity contribution in [2.24, 2.45) is 5.41 Å². The zero-order valence-electron chi connectivity index (χ0n) is 23.4. The third kappa shape index (κ3) is 4.13. The van der Waals surface area contributed by atoms with Gasteiger partial charge in [0.1, 0.15) is 11.5 Å². The molecule has 6 rings (SSSR count). The summed E-state index contributed by atoms with van der Waals surface area (Å²) >= 11 is 0. The van der Waals surface area contributed by atoms with Gasteiger partial charge in [0.05, 0.1) is 25.8 Å². The fourth-order valence-electron chi connectivity index (χ4n) is 6.62. The van der Waals surface area contributed by atoms with Crippen molar-refractivity contribution in [1.82, 2.24) is 19.6 Å². The minimum atomic E-state index is -1.62. The average Bonchev–Trinajstić information content (AvgIpc) is 3.23. The van der Waals surface area contributed by atoms with Crippen LogP contribution >= 0.6 is 0 Å². The molecule has 2 fully saturated rings. The number of anilines is 1. The number of barbiturate groups is 1. The van der Waals surface area contributed by atoms with E-state index < -0.39 is 29.3 Å². The Morgan fingerprint density at radius 3 is 2.63 bits per heavy atom. The van der Waals surface area contributed by atoms with E-state index in [9.17, 15) is 19.2 Å². The molecule has 1 N–H and O–H groups in total. The molecular formula is C30H33N5O6. The first-order valence-electron chi connectivity index (χ1n) is 14.0. The Kier molecular flexibility index (Phi) is 6.67. The number of imide groups is 2. The van der Waals surface area contributed by atoms with E-state index in [1.807, 2.05) is 24.0 Å². The molecule has 3 aromatic rings. The molecule has 0 unspecified atom stereocenters. The van der Waals surface area contributed by atoms with Crippen LogP contribution in [-0.2, 0) is 22.4 Å².